The van der Waals surface area contributed by atoms with Crippen molar-refractivity contribution in [1.29, 1.82) is 0 Å². The summed E-state index contributed by atoms with van der Waals surface area (Å²) in [7, 11) is 0. The summed E-state index contributed by atoms with van der Waals surface area (Å²) in [4.78, 5) is 4.14. The zero-order valence-electron chi connectivity index (χ0n) is 22.6. The number of hydrogen-bond donors (Lipinski definition) is 0. The average Bonchev–Trinajstić information content (AvgIpc) is 3.59. The van der Waals surface area contributed by atoms with Crippen LogP contribution in [0.15, 0.2) is 98.1 Å². The molecule has 4 rings (SSSR count). The molecule has 7 heteroatoms. The molecule has 7 nitrogen and oxygen atoms in total. The van der Waals surface area contributed by atoms with Crippen molar-refractivity contribution in [2.24, 2.45) is 5.92 Å². The third-order valence-corrected chi connectivity index (χ3v) is 6.14. The van der Waals surface area contributed by atoms with Gasteiger partial charge in [-0.15, -0.1) is 0 Å². The molecule has 2 aromatic carbocycles. The first-order chi connectivity index (χ1) is 18.6. The molecule has 0 aliphatic heterocycles. The maximum atomic E-state index is 6.11. The van der Waals surface area contributed by atoms with Gasteiger partial charge in [-0.2, -0.15) is 0 Å². The van der Waals surface area contributed by atoms with E-state index < -0.39 is 6.48 Å². The molecule has 4 aromatic rings. The van der Waals surface area contributed by atoms with Crippen LogP contribution in [-0.4, -0.2) is 27.2 Å². The van der Waals surface area contributed by atoms with E-state index in [1.807, 2.05) is 42.2 Å². The molecule has 1 atom stereocenters. The normalized spacial score (nSPS) is 12.5. The fraction of sp³-hybridized carbons (Fsp3) is 0.355. The van der Waals surface area contributed by atoms with E-state index in [9.17, 15) is 0 Å². The monoisotopic (exact) mass is 515 g/mol. The van der Waals surface area contributed by atoms with Gasteiger partial charge in [-0.1, -0.05) is 68.5 Å². The van der Waals surface area contributed by atoms with Gasteiger partial charge in [0.2, 0.25) is 6.33 Å². The van der Waals surface area contributed by atoms with Gasteiger partial charge in [0.25, 0.3) is 6.48 Å². The van der Waals surface area contributed by atoms with Gasteiger partial charge in [0.15, 0.2) is 0 Å². The van der Waals surface area contributed by atoms with Crippen LogP contribution < -0.4 is 4.57 Å². The molecule has 0 amide bonds. The lowest BCUT2D eigenvalue weighted by atomic mass is 10.1. The van der Waals surface area contributed by atoms with Crippen LogP contribution in [0.1, 0.15) is 43.0 Å². The number of ether oxygens (including phenoxy) is 3. The summed E-state index contributed by atoms with van der Waals surface area (Å²) in [5.41, 5.74) is 4.59. The molecular weight excluding hydrogens is 476 g/mol. The van der Waals surface area contributed by atoms with Crippen molar-refractivity contribution in [2.45, 2.75) is 60.1 Å². The van der Waals surface area contributed by atoms with Crippen LogP contribution in [0.25, 0.3) is 0 Å². The number of imidazole rings is 2. The van der Waals surface area contributed by atoms with Crippen molar-refractivity contribution >= 4 is 0 Å². The molecule has 0 bridgehead atoms. The average molecular weight is 516 g/mol. The van der Waals surface area contributed by atoms with Gasteiger partial charge in [0, 0.05) is 25.5 Å². The van der Waals surface area contributed by atoms with Crippen molar-refractivity contribution in [3.05, 3.63) is 120 Å². The fourth-order valence-electron chi connectivity index (χ4n) is 4.17. The van der Waals surface area contributed by atoms with E-state index >= 15 is 0 Å². The maximum absolute atomic E-state index is 6.11. The SMILES string of the molecule is CCOC(OCc1ccccc1Cn1ccnc1)OCc1ccccc1C[n+]1ccn(C/C=C/C(C)C)c1. The third-order valence-electron chi connectivity index (χ3n) is 6.14. The fourth-order valence-corrected chi connectivity index (χ4v) is 4.17. The smallest absolute Gasteiger partial charge is 0.272 e. The number of allylic oxidation sites excluding steroid dienone is 2. The van der Waals surface area contributed by atoms with Crippen LogP contribution in [0.2, 0.25) is 0 Å². The Morgan fingerprint density at radius 3 is 2.21 bits per heavy atom. The van der Waals surface area contributed by atoms with Gasteiger partial charge >= 0.3 is 0 Å². The summed E-state index contributed by atoms with van der Waals surface area (Å²) < 4.78 is 24.4. The Morgan fingerprint density at radius 2 is 1.55 bits per heavy atom. The van der Waals surface area contributed by atoms with Gasteiger partial charge in [-0.3, -0.25) is 0 Å². The molecule has 0 aliphatic rings. The van der Waals surface area contributed by atoms with E-state index in [0.29, 0.717) is 25.7 Å². The first kappa shape index (κ1) is 27.5. The van der Waals surface area contributed by atoms with E-state index in [0.717, 1.165) is 30.8 Å². The summed E-state index contributed by atoms with van der Waals surface area (Å²) >= 11 is 0. The molecule has 0 fully saturated rings. The molecule has 2 aromatic heterocycles. The Hall–Kier alpha value is -3.52. The summed E-state index contributed by atoms with van der Waals surface area (Å²) in [6, 6.07) is 16.6. The lowest BCUT2D eigenvalue weighted by Crippen LogP contribution is -2.32. The Kier molecular flexibility index (Phi) is 10.4. The van der Waals surface area contributed by atoms with Crippen LogP contribution >= 0.6 is 0 Å². The molecule has 0 N–H and O–H groups in total. The van der Waals surface area contributed by atoms with Crippen LogP contribution in [0.3, 0.4) is 0 Å². The first-order valence-corrected chi connectivity index (χ1v) is 13.3. The summed E-state index contributed by atoms with van der Waals surface area (Å²) in [6.45, 7) is 9.23. The van der Waals surface area contributed by atoms with Crippen LogP contribution in [0.4, 0.5) is 0 Å². The summed E-state index contributed by atoms with van der Waals surface area (Å²) in [6.07, 6.45) is 16.3. The van der Waals surface area contributed by atoms with E-state index in [4.69, 9.17) is 14.2 Å². The zero-order chi connectivity index (χ0) is 26.6. The second kappa shape index (κ2) is 14.4. The highest BCUT2D eigenvalue weighted by molar-refractivity contribution is 5.27. The number of nitrogens with zero attached hydrogens (tertiary/aromatic N) is 4. The molecule has 38 heavy (non-hydrogen) atoms. The molecule has 0 saturated carbocycles. The quantitative estimate of drug-likeness (QED) is 0.122. The zero-order valence-corrected chi connectivity index (χ0v) is 22.6. The Bertz CT molecular complexity index is 1260. The van der Waals surface area contributed by atoms with Gasteiger partial charge in [-0.25, -0.2) is 14.1 Å². The highest BCUT2D eigenvalue weighted by Gasteiger charge is 2.14. The van der Waals surface area contributed by atoms with Crippen LogP contribution in [0, 0.1) is 5.92 Å². The van der Waals surface area contributed by atoms with Crippen LogP contribution in [-0.2, 0) is 47.1 Å². The first-order valence-electron chi connectivity index (χ1n) is 13.3. The molecule has 200 valence electrons. The van der Waals surface area contributed by atoms with Crippen molar-refractivity contribution in [2.75, 3.05) is 6.61 Å². The Balaban J connectivity index is 1.35. The minimum absolute atomic E-state index is 0.395. The number of hydrogen-bond acceptors (Lipinski definition) is 4. The van der Waals surface area contributed by atoms with E-state index in [-0.39, 0.29) is 0 Å². The standard InChI is InChI=1S/C31H39N4O3/c1-4-36-31(37-22-29-13-7-5-11-27(29)20-34-17-15-32-24-34)38-23-30-14-8-6-12-28(30)21-35-19-18-33(25-35)16-9-10-26(2)3/h5-15,17-19,24-26,31H,4,16,20-23H2,1-3H3/q+1/b10-9+. The van der Waals surface area contributed by atoms with Crippen molar-refractivity contribution in [1.82, 2.24) is 14.1 Å². The molecule has 0 spiro atoms. The molecule has 2 heterocycles. The number of benzene rings is 2. The number of aromatic nitrogens is 4. The minimum atomic E-state index is -0.754. The minimum Gasteiger partial charge on any atom is -0.333 e. The molecule has 0 radical (unpaired) electrons. The maximum Gasteiger partial charge on any atom is 0.272 e. The Morgan fingerprint density at radius 1 is 0.868 bits per heavy atom. The summed E-state index contributed by atoms with van der Waals surface area (Å²) in [5, 5.41) is 0. The van der Waals surface area contributed by atoms with Gasteiger partial charge in [0.1, 0.15) is 25.5 Å². The summed E-state index contributed by atoms with van der Waals surface area (Å²) in [5.74, 6) is 0.561. The predicted molar refractivity (Wildman–Crippen MR) is 147 cm³/mol. The second-order valence-corrected chi connectivity index (χ2v) is 9.59. The highest BCUT2D eigenvalue weighted by Crippen LogP contribution is 2.16. The van der Waals surface area contributed by atoms with Gasteiger partial charge < -0.3 is 18.8 Å². The van der Waals surface area contributed by atoms with E-state index in [2.05, 4.69) is 89.2 Å². The lowest BCUT2D eigenvalue weighted by molar-refractivity contribution is -0.687. The van der Waals surface area contributed by atoms with Crippen LogP contribution in [0.5, 0.6) is 0 Å². The topological polar surface area (TPSA) is 54.3 Å². The molecule has 0 aliphatic carbocycles. The lowest BCUT2D eigenvalue weighted by Gasteiger charge is -2.20. The number of rotatable bonds is 15. The second-order valence-electron chi connectivity index (χ2n) is 9.59. The van der Waals surface area contributed by atoms with Gasteiger partial charge in [-0.05, 0) is 41.2 Å². The third kappa shape index (κ3) is 8.52. The Labute approximate surface area is 225 Å². The van der Waals surface area contributed by atoms with Crippen molar-refractivity contribution < 1.29 is 18.8 Å². The molecule has 1 unspecified atom stereocenters. The van der Waals surface area contributed by atoms with Crippen molar-refractivity contribution in [3.8, 4) is 0 Å². The highest BCUT2D eigenvalue weighted by atomic mass is 16.8. The van der Waals surface area contributed by atoms with E-state index in [1.165, 1.54) is 11.1 Å². The van der Waals surface area contributed by atoms with Crippen molar-refractivity contribution in [3.63, 3.8) is 0 Å². The molecular formula is C31H39N4O3+. The predicted octanol–water partition coefficient (Wildman–Crippen LogP) is 5.33. The van der Waals surface area contributed by atoms with Gasteiger partial charge in [0.05, 0.1) is 19.5 Å². The largest absolute Gasteiger partial charge is 0.333 e. The van der Waals surface area contributed by atoms with E-state index in [1.54, 1.807) is 6.20 Å². The molecule has 0 saturated heterocycles.